The van der Waals surface area contributed by atoms with Gasteiger partial charge in [-0.25, -0.2) is 13.8 Å². The van der Waals surface area contributed by atoms with Crippen LogP contribution in [0.15, 0.2) is 30.6 Å². The number of aromatic nitrogens is 1. The van der Waals surface area contributed by atoms with E-state index >= 15 is 0 Å². The van der Waals surface area contributed by atoms with Gasteiger partial charge in [-0.3, -0.25) is 4.79 Å². The Kier molecular flexibility index (Phi) is 5.78. The first-order valence-electron chi connectivity index (χ1n) is 7.41. The lowest BCUT2D eigenvalue weighted by Gasteiger charge is -2.11. The highest BCUT2D eigenvalue weighted by Crippen LogP contribution is 2.32. The predicted octanol–water partition coefficient (Wildman–Crippen LogP) is 2.78. The number of halogens is 2. The summed E-state index contributed by atoms with van der Waals surface area (Å²) in [5.74, 6) is -1.54. The summed E-state index contributed by atoms with van der Waals surface area (Å²) in [6, 6.07) is 3.34. The third-order valence-electron chi connectivity index (χ3n) is 3.43. The summed E-state index contributed by atoms with van der Waals surface area (Å²) in [4.78, 5) is 14.4. The molecule has 1 aromatic carbocycles. The molecule has 8 heteroatoms. The lowest BCUT2D eigenvalue weighted by molar-refractivity contribution is -0.105. The van der Waals surface area contributed by atoms with Crippen LogP contribution in [0.25, 0.3) is 16.7 Å². The molecule has 25 heavy (non-hydrogen) atoms. The second kappa shape index (κ2) is 8.00. The fourth-order valence-corrected chi connectivity index (χ4v) is 2.20. The number of carbonyl (C=O) groups is 1. The molecule has 1 amide bonds. The SMILES string of the molecule is CCN/C=C(\C=N)c1cnc(N)c(-c2cc(F)c(NC=O)cc2F)c1. The van der Waals surface area contributed by atoms with Crippen molar-refractivity contribution >= 4 is 29.7 Å². The van der Waals surface area contributed by atoms with E-state index in [1.165, 1.54) is 12.3 Å². The van der Waals surface area contributed by atoms with Crippen LogP contribution in [0.2, 0.25) is 0 Å². The fourth-order valence-electron chi connectivity index (χ4n) is 2.20. The van der Waals surface area contributed by atoms with E-state index in [0.29, 0.717) is 17.7 Å². The Hall–Kier alpha value is -3.29. The molecular formula is C17H17F2N5O. The van der Waals surface area contributed by atoms with Gasteiger partial charge in [0, 0.05) is 53.5 Å². The van der Waals surface area contributed by atoms with Crippen LogP contribution in [0.5, 0.6) is 0 Å². The highest BCUT2D eigenvalue weighted by molar-refractivity contribution is 6.08. The summed E-state index contributed by atoms with van der Waals surface area (Å²) in [7, 11) is 0. The molecule has 130 valence electrons. The number of nitrogens with zero attached hydrogens (tertiary/aromatic N) is 1. The van der Waals surface area contributed by atoms with Crippen LogP contribution in [0.1, 0.15) is 12.5 Å². The van der Waals surface area contributed by atoms with Crippen molar-refractivity contribution < 1.29 is 13.6 Å². The van der Waals surface area contributed by atoms with E-state index in [9.17, 15) is 13.6 Å². The summed E-state index contributed by atoms with van der Waals surface area (Å²) in [6.07, 6.45) is 4.45. The maximum absolute atomic E-state index is 14.4. The smallest absolute Gasteiger partial charge is 0.211 e. The lowest BCUT2D eigenvalue weighted by Crippen LogP contribution is -2.05. The van der Waals surface area contributed by atoms with E-state index in [0.717, 1.165) is 18.3 Å². The van der Waals surface area contributed by atoms with Gasteiger partial charge in [-0.05, 0) is 19.1 Å². The molecule has 0 bridgehead atoms. The largest absolute Gasteiger partial charge is 0.391 e. The highest BCUT2D eigenvalue weighted by atomic mass is 19.1. The van der Waals surface area contributed by atoms with E-state index in [4.69, 9.17) is 11.1 Å². The summed E-state index contributed by atoms with van der Waals surface area (Å²) in [6.45, 7) is 2.56. The average molecular weight is 345 g/mol. The molecule has 1 heterocycles. The van der Waals surface area contributed by atoms with Gasteiger partial charge < -0.3 is 21.8 Å². The zero-order chi connectivity index (χ0) is 18.4. The summed E-state index contributed by atoms with van der Waals surface area (Å²) >= 11 is 0. The number of hydrogen-bond acceptors (Lipinski definition) is 5. The Bertz CT molecular complexity index is 836. The van der Waals surface area contributed by atoms with Crippen molar-refractivity contribution in [3.05, 3.63) is 47.8 Å². The van der Waals surface area contributed by atoms with Gasteiger partial charge in [0.25, 0.3) is 0 Å². The quantitative estimate of drug-likeness (QED) is 0.457. The summed E-state index contributed by atoms with van der Waals surface area (Å²) in [5.41, 5.74) is 6.68. The summed E-state index contributed by atoms with van der Waals surface area (Å²) in [5, 5.41) is 12.5. The van der Waals surface area contributed by atoms with Crippen molar-refractivity contribution in [3.63, 3.8) is 0 Å². The van der Waals surface area contributed by atoms with Crippen LogP contribution in [0.3, 0.4) is 0 Å². The zero-order valence-electron chi connectivity index (χ0n) is 13.4. The summed E-state index contributed by atoms with van der Waals surface area (Å²) < 4.78 is 28.4. The number of anilines is 2. The van der Waals surface area contributed by atoms with Gasteiger partial charge in [0.2, 0.25) is 6.41 Å². The lowest BCUT2D eigenvalue weighted by atomic mass is 10.0. The first kappa shape index (κ1) is 18.1. The molecule has 2 rings (SSSR count). The predicted molar refractivity (Wildman–Crippen MR) is 94.1 cm³/mol. The van der Waals surface area contributed by atoms with E-state index < -0.39 is 11.6 Å². The molecular weight excluding hydrogens is 328 g/mol. The Balaban J connectivity index is 2.56. The Morgan fingerprint density at radius 2 is 2.04 bits per heavy atom. The number of carbonyl (C=O) groups excluding carboxylic acids is 1. The molecule has 0 aliphatic rings. The molecule has 0 saturated carbocycles. The number of benzene rings is 1. The van der Waals surface area contributed by atoms with Crippen molar-refractivity contribution in [1.82, 2.24) is 10.3 Å². The molecule has 1 aromatic heterocycles. The third-order valence-corrected chi connectivity index (χ3v) is 3.43. The van der Waals surface area contributed by atoms with Crippen LogP contribution in [-0.4, -0.2) is 24.2 Å². The molecule has 0 aliphatic carbocycles. The number of pyridine rings is 1. The Morgan fingerprint density at radius 3 is 2.68 bits per heavy atom. The van der Waals surface area contributed by atoms with Crippen LogP contribution < -0.4 is 16.4 Å². The standard InChI is InChI=1S/C17H17F2N5O/c1-2-22-7-11(6-20)10-3-13(17(21)23-8-10)12-4-15(19)16(24-9-25)5-14(12)18/h3-9,20,22H,2H2,1H3,(H2,21,23)(H,24,25)/b11-7+,20-6?. The van der Waals surface area contributed by atoms with Crippen LogP contribution in [-0.2, 0) is 4.79 Å². The van der Waals surface area contributed by atoms with E-state index in [1.807, 2.05) is 6.92 Å². The molecule has 0 unspecified atom stereocenters. The monoisotopic (exact) mass is 345 g/mol. The van der Waals surface area contributed by atoms with Crippen molar-refractivity contribution in [2.75, 3.05) is 17.6 Å². The second-order valence-corrected chi connectivity index (χ2v) is 5.03. The molecule has 0 aliphatic heterocycles. The molecule has 0 atom stereocenters. The third kappa shape index (κ3) is 3.97. The highest BCUT2D eigenvalue weighted by Gasteiger charge is 2.15. The molecule has 5 N–H and O–H groups in total. The van der Waals surface area contributed by atoms with Gasteiger partial charge in [0.1, 0.15) is 17.5 Å². The number of rotatable bonds is 7. The molecule has 0 spiro atoms. The second-order valence-electron chi connectivity index (χ2n) is 5.03. The molecule has 6 nitrogen and oxygen atoms in total. The number of nitrogens with two attached hydrogens (primary N) is 1. The minimum absolute atomic E-state index is 0.0194. The Labute approximate surface area is 143 Å². The van der Waals surface area contributed by atoms with E-state index in [1.54, 1.807) is 6.20 Å². The Morgan fingerprint density at radius 1 is 1.28 bits per heavy atom. The van der Waals surface area contributed by atoms with Crippen LogP contribution in [0.4, 0.5) is 20.3 Å². The maximum Gasteiger partial charge on any atom is 0.211 e. The van der Waals surface area contributed by atoms with E-state index in [-0.39, 0.29) is 29.0 Å². The first-order valence-corrected chi connectivity index (χ1v) is 7.41. The number of nitrogen functional groups attached to an aromatic ring is 1. The van der Waals surface area contributed by atoms with Crippen LogP contribution in [0, 0.1) is 17.0 Å². The first-order chi connectivity index (χ1) is 12.0. The van der Waals surface area contributed by atoms with E-state index in [2.05, 4.69) is 15.6 Å². The van der Waals surface area contributed by atoms with Gasteiger partial charge in [0.15, 0.2) is 0 Å². The minimum Gasteiger partial charge on any atom is -0.391 e. The van der Waals surface area contributed by atoms with Gasteiger partial charge in [-0.15, -0.1) is 0 Å². The molecule has 0 fully saturated rings. The van der Waals surface area contributed by atoms with Crippen molar-refractivity contribution in [1.29, 1.82) is 5.41 Å². The maximum atomic E-state index is 14.4. The topological polar surface area (TPSA) is 104 Å². The number of amides is 1. The van der Waals surface area contributed by atoms with Crippen molar-refractivity contribution in [2.24, 2.45) is 0 Å². The minimum atomic E-state index is -0.802. The van der Waals surface area contributed by atoms with Gasteiger partial charge in [-0.2, -0.15) is 0 Å². The van der Waals surface area contributed by atoms with Gasteiger partial charge in [-0.1, -0.05) is 0 Å². The molecule has 0 radical (unpaired) electrons. The van der Waals surface area contributed by atoms with Crippen molar-refractivity contribution in [3.8, 4) is 11.1 Å². The normalized spacial score (nSPS) is 11.1. The van der Waals surface area contributed by atoms with Gasteiger partial charge in [0.05, 0.1) is 5.69 Å². The van der Waals surface area contributed by atoms with Gasteiger partial charge >= 0.3 is 0 Å². The average Bonchev–Trinajstić information content (AvgIpc) is 2.60. The number of nitrogens with one attached hydrogen (secondary N) is 3. The van der Waals surface area contributed by atoms with Crippen LogP contribution >= 0.6 is 0 Å². The number of hydrogen-bond donors (Lipinski definition) is 4. The molecule has 2 aromatic rings. The zero-order valence-corrected chi connectivity index (χ0v) is 13.4. The fraction of sp³-hybridized carbons (Fsp3) is 0.118. The molecule has 0 saturated heterocycles. The number of allylic oxidation sites excluding steroid dienone is 1. The van der Waals surface area contributed by atoms with Crippen molar-refractivity contribution in [2.45, 2.75) is 6.92 Å².